The van der Waals surface area contributed by atoms with E-state index in [2.05, 4.69) is 31.4 Å². The standard InChI is InChI=1S/C16H24N2O3/c1-16(2,3)8-9-17-15(21)18-11-13-7-5-4-6-12(13)10-14(19)20/h4-7H,8-11H2,1-3H3,(H,19,20)(H2,17,18,21). The number of nitrogens with one attached hydrogen (secondary N) is 2. The largest absolute Gasteiger partial charge is 0.481 e. The van der Waals surface area contributed by atoms with Crippen molar-refractivity contribution in [2.75, 3.05) is 6.54 Å². The lowest BCUT2D eigenvalue weighted by Crippen LogP contribution is -2.36. The Hall–Kier alpha value is -2.04. The van der Waals surface area contributed by atoms with E-state index in [-0.39, 0.29) is 17.9 Å². The average Bonchev–Trinajstić information content (AvgIpc) is 2.35. The molecule has 0 bridgehead atoms. The third-order valence-corrected chi connectivity index (χ3v) is 3.06. The van der Waals surface area contributed by atoms with E-state index < -0.39 is 5.97 Å². The highest BCUT2D eigenvalue weighted by Gasteiger charge is 2.11. The van der Waals surface area contributed by atoms with Gasteiger partial charge >= 0.3 is 12.0 Å². The number of hydrogen-bond donors (Lipinski definition) is 3. The quantitative estimate of drug-likeness (QED) is 0.754. The van der Waals surface area contributed by atoms with Crippen molar-refractivity contribution in [2.45, 2.75) is 40.2 Å². The lowest BCUT2D eigenvalue weighted by atomic mass is 9.92. The molecule has 1 aromatic carbocycles. The van der Waals surface area contributed by atoms with Crippen LogP contribution in [0.25, 0.3) is 0 Å². The fraction of sp³-hybridized carbons (Fsp3) is 0.500. The van der Waals surface area contributed by atoms with Gasteiger partial charge in [-0.2, -0.15) is 0 Å². The lowest BCUT2D eigenvalue weighted by Gasteiger charge is -2.18. The van der Waals surface area contributed by atoms with Crippen molar-refractivity contribution in [1.29, 1.82) is 0 Å². The van der Waals surface area contributed by atoms with Gasteiger partial charge in [-0.25, -0.2) is 4.79 Å². The van der Waals surface area contributed by atoms with Crippen molar-refractivity contribution in [1.82, 2.24) is 10.6 Å². The molecule has 0 aliphatic heterocycles. The Kier molecular flexibility index (Phi) is 6.21. The molecule has 2 amide bonds. The number of aliphatic carboxylic acids is 1. The number of carbonyl (C=O) groups is 2. The van der Waals surface area contributed by atoms with Gasteiger partial charge in [0.25, 0.3) is 0 Å². The van der Waals surface area contributed by atoms with E-state index in [9.17, 15) is 9.59 Å². The van der Waals surface area contributed by atoms with Crippen LogP contribution in [0.5, 0.6) is 0 Å². The molecule has 5 heteroatoms. The maximum atomic E-state index is 11.7. The van der Waals surface area contributed by atoms with Crippen molar-refractivity contribution in [3.05, 3.63) is 35.4 Å². The number of carboxylic acid groups (broad SMARTS) is 1. The van der Waals surface area contributed by atoms with Gasteiger partial charge in [-0.15, -0.1) is 0 Å². The monoisotopic (exact) mass is 292 g/mol. The van der Waals surface area contributed by atoms with Crippen LogP contribution in [0.15, 0.2) is 24.3 Å². The van der Waals surface area contributed by atoms with Crippen LogP contribution in [0, 0.1) is 5.41 Å². The van der Waals surface area contributed by atoms with Crippen molar-refractivity contribution in [3.63, 3.8) is 0 Å². The number of benzene rings is 1. The van der Waals surface area contributed by atoms with Crippen LogP contribution in [-0.2, 0) is 17.8 Å². The van der Waals surface area contributed by atoms with Crippen LogP contribution in [0.2, 0.25) is 0 Å². The molecule has 0 aliphatic carbocycles. The molecular weight excluding hydrogens is 268 g/mol. The Morgan fingerprint density at radius 2 is 1.71 bits per heavy atom. The molecule has 3 N–H and O–H groups in total. The number of amides is 2. The maximum Gasteiger partial charge on any atom is 0.315 e. The Bertz CT molecular complexity index is 493. The molecule has 5 nitrogen and oxygen atoms in total. The number of carboxylic acids is 1. The van der Waals surface area contributed by atoms with E-state index in [1.54, 1.807) is 12.1 Å². The Morgan fingerprint density at radius 3 is 2.29 bits per heavy atom. The van der Waals surface area contributed by atoms with Crippen molar-refractivity contribution >= 4 is 12.0 Å². The van der Waals surface area contributed by atoms with E-state index >= 15 is 0 Å². The highest BCUT2D eigenvalue weighted by Crippen LogP contribution is 2.16. The summed E-state index contributed by atoms with van der Waals surface area (Å²) < 4.78 is 0. The molecular formula is C16H24N2O3. The van der Waals surface area contributed by atoms with Crippen molar-refractivity contribution < 1.29 is 14.7 Å². The van der Waals surface area contributed by atoms with E-state index in [0.717, 1.165) is 17.5 Å². The molecule has 0 atom stereocenters. The highest BCUT2D eigenvalue weighted by molar-refractivity contribution is 5.74. The highest BCUT2D eigenvalue weighted by atomic mass is 16.4. The predicted octanol–water partition coefficient (Wildman–Crippen LogP) is 2.55. The zero-order valence-electron chi connectivity index (χ0n) is 12.9. The van der Waals surface area contributed by atoms with E-state index in [1.165, 1.54) is 0 Å². The van der Waals surface area contributed by atoms with Crippen LogP contribution >= 0.6 is 0 Å². The molecule has 116 valence electrons. The summed E-state index contributed by atoms with van der Waals surface area (Å²) >= 11 is 0. The van der Waals surface area contributed by atoms with Crippen molar-refractivity contribution in [3.8, 4) is 0 Å². The molecule has 0 aromatic heterocycles. The van der Waals surface area contributed by atoms with Gasteiger partial charge in [0.2, 0.25) is 0 Å². The minimum atomic E-state index is -0.878. The van der Waals surface area contributed by atoms with Crippen molar-refractivity contribution in [2.24, 2.45) is 5.41 Å². The first-order valence-corrected chi connectivity index (χ1v) is 7.08. The summed E-state index contributed by atoms with van der Waals surface area (Å²) in [7, 11) is 0. The summed E-state index contributed by atoms with van der Waals surface area (Å²) in [6.45, 7) is 7.30. The number of rotatable bonds is 6. The van der Waals surface area contributed by atoms with Crippen LogP contribution < -0.4 is 10.6 Å². The minimum Gasteiger partial charge on any atom is -0.481 e. The summed E-state index contributed by atoms with van der Waals surface area (Å²) in [6.07, 6.45) is 0.861. The van der Waals surface area contributed by atoms with Gasteiger partial charge in [0.05, 0.1) is 6.42 Å². The molecule has 1 aromatic rings. The Labute approximate surface area is 125 Å². The summed E-state index contributed by atoms with van der Waals surface area (Å²) in [5, 5.41) is 14.4. The summed E-state index contributed by atoms with van der Waals surface area (Å²) in [6, 6.07) is 6.99. The van der Waals surface area contributed by atoms with Crippen LogP contribution in [0.3, 0.4) is 0 Å². The van der Waals surface area contributed by atoms with Crippen LogP contribution in [0.1, 0.15) is 38.3 Å². The number of urea groups is 1. The maximum absolute atomic E-state index is 11.7. The van der Waals surface area contributed by atoms with E-state index in [4.69, 9.17) is 5.11 Å². The number of carbonyl (C=O) groups excluding carboxylic acids is 1. The van der Waals surface area contributed by atoms with Gasteiger partial charge in [0, 0.05) is 13.1 Å². The number of hydrogen-bond acceptors (Lipinski definition) is 2. The molecule has 0 unspecified atom stereocenters. The van der Waals surface area contributed by atoms with Gasteiger partial charge in [0.15, 0.2) is 0 Å². The Morgan fingerprint density at radius 1 is 1.10 bits per heavy atom. The SMILES string of the molecule is CC(C)(C)CCNC(=O)NCc1ccccc1CC(=O)O. The van der Waals surface area contributed by atoms with Crippen LogP contribution in [-0.4, -0.2) is 23.7 Å². The fourth-order valence-electron chi connectivity index (χ4n) is 1.85. The average molecular weight is 292 g/mol. The predicted molar refractivity (Wildman–Crippen MR) is 82.1 cm³/mol. The van der Waals surface area contributed by atoms with Gasteiger partial charge in [-0.3, -0.25) is 4.79 Å². The second-order valence-corrected chi connectivity index (χ2v) is 6.26. The molecule has 0 heterocycles. The normalized spacial score (nSPS) is 11.0. The van der Waals surface area contributed by atoms with Gasteiger partial charge in [-0.05, 0) is 23.0 Å². The lowest BCUT2D eigenvalue weighted by molar-refractivity contribution is -0.136. The summed E-state index contributed by atoms with van der Waals surface area (Å²) in [5.41, 5.74) is 1.73. The van der Waals surface area contributed by atoms with Crippen LogP contribution in [0.4, 0.5) is 4.79 Å². The zero-order chi connectivity index (χ0) is 15.9. The second-order valence-electron chi connectivity index (χ2n) is 6.26. The molecule has 0 saturated carbocycles. The first kappa shape index (κ1) is 17.0. The van der Waals surface area contributed by atoms with E-state index in [0.29, 0.717) is 13.1 Å². The van der Waals surface area contributed by atoms with Gasteiger partial charge < -0.3 is 15.7 Å². The second kappa shape index (κ2) is 7.67. The first-order valence-electron chi connectivity index (χ1n) is 7.08. The third kappa shape index (κ3) is 7.34. The molecule has 0 fully saturated rings. The molecule has 0 saturated heterocycles. The smallest absolute Gasteiger partial charge is 0.315 e. The molecule has 1 rings (SSSR count). The molecule has 0 aliphatic rings. The minimum absolute atomic E-state index is 0.0382. The van der Waals surface area contributed by atoms with E-state index in [1.807, 2.05) is 12.1 Å². The summed E-state index contributed by atoms with van der Waals surface area (Å²) in [5.74, 6) is -0.878. The fourth-order valence-corrected chi connectivity index (χ4v) is 1.85. The van der Waals surface area contributed by atoms with Gasteiger partial charge in [0.1, 0.15) is 0 Å². The first-order chi connectivity index (χ1) is 9.78. The zero-order valence-corrected chi connectivity index (χ0v) is 12.9. The topological polar surface area (TPSA) is 78.4 Å². The third-order valence-electron chi connectivity index (χ3n) is 3.06. The summed E-state index contributed by atoms with van der Waals surface area (Å²) in [4.78, 5) is 22.5. The molecule has 0 radical (unpaired) electrons. The van der Waals surface area contributed by atoms with Gasteiger partial charge in [-0.1, -0.05) is 45.0 Å². The molecule has 0 spiro atoms. The Balaban J connectivity index is 2.44. The molecule has 21 heavy (non-hydrogen) atoms.